The summed E-state index contributed by atoms with van der Waals surface area (Å²) in [5.74, 6) is 1.24. The Kier molecular flexibility index (Phi) is 16.5. The highest BCUT2D eigenvalue weighted by atomic mass is 16.8. The number of ether oxygens (including phenoxy) is 10. The van der Waals surface area contributed by atoms with Crippen LogP contribution in [0.3, 0.4) is 0 Å². The average molecular weight is 1040 g/mol. The fourth-order valence-electron chi connectivity index (χ4n) is 15.6. The molecule has 10 N–H and O–H groups in total. The maximum atomic E-state index is 11.9. The zero-order valence-electron chi connectivity index (χ0n) is 43.9. The second-order valence-corrected chi connectivity index (χ2v) is 24.6. The minimum absolute atomic E-state index is 0.00528. The van der Waals surface area contributed by atoms with Gasteiger partial charge in [-0.05, 0) is 112 Å². The van der Waals surface area contributed by atoms with Crippen molar-refractivity contribution in [1.82, 2.24) is 0 Å². The molecule has 9 rings (SSSR count). The molecule has 0 spiro atoms. The molecule has 20 nitrogen and oxygen atoms in total. The Bertz CT molecular complexity index is 1970. The highest BCUT2D eigenvalue weighted by molar-refractivity contribution is 5.33. The molecule has 20 heteroatoms. The van der Waals surface area contributed by atoms with E-state index >= 15 is 0 Å². The fourth-order valence-corrected chi connectivity index (χ4v) is 15.6. The van der Waals surface area contributed by atoms with Crippen LogP contribution in [0.2, 0.25) is 0 Å². The summed E-state index contributed by atoms with van der Waals surface area (Å²) < 4.78 is 61.8. The van der Waals surface area contributed by atoms with E-state index in [1.54, 1.807) is 12.7 Å². The molecule has 0 aromatic rings. The van der Waals surface area contributed by atoms with E-state index in [2.05, 4.69) is 60.6 Å². The van der Waals surface area contributed by atoms with Crippen molar-refractivity contribution in [2.75, 3.05) is 26.9 Å². The van der Waals surface area contributed by atoms with Gasteiger partial charge in [0, 0.05) is 13.0 Å². The molecule has 73 heavy (non-hydrogen) atoms. The molecule has 28 atom stereocenters. The largest absolute Gasteiger partial charge is 0.394 e. The third-order valence-corrected chi connectivity index (χ3v) is 19.9. The summed E-state index contributed by atoms with van der Waals surface area (Å²) in [7, 11) is 1.77. The van der Waals surface area contributed by atoms with Gasteiger partial charge in [0.2, 0.25) is 0 Å². The summed E-state index contributed by atoms with van der Waals surface area (Å²) in [5, 5.41) is 109. The molecule has 0 aromatic heterocycles. The number of fused-ring (bicyclic) bond motifs is 5. The number of allylic oxidation sites excluding steroid dienone is 3. The molecule has 418 valence electrons. The second kappa shape index (κ2) is 21.4. The van der Waals surface area contributed by atoms with Gasteiger partial charge >= 0.3 is 0 Å². The van der Waals surface area contributed by atoms with E-state index in [4.69, 9.17) is 47.4 Å². The number of methoxy groups -OCH3 is 1. The van der Waals surface area contributed by atoms with Gasteiger partial charge in [-0.3, -0.25) is 0 Å². The summed E-state index contributed by atoms with van der Waals surface area (Å²) in [4.78, 5) is 0. The van der Waals surface area contributed by atoms with E-state index in [0.29, 0.717) is 24.2 Å². The third kappa shape index (κ3) is 9.78. The number of rotatable bonds is 12. The van der Waals surface area contributed by atoms with E-state index < -0.39 is 142 Å². The molecule has 5 aliphatic heterocycles. The van der Waals surface area contributed by atoms with Gasteiger partial charge in [-0.15, -0.1) is 0 Å². The van der Waals surface area contributed by atoms with E-state index in [1.165, 1.54) is 12.5 Å². The first-order valence-electron chi connectivity index (χ1n) is 26.8. The van der Waals surface area contributed by atoms with Crippen LogP contribution in [-0.2, 0) is 47.4 Å². The number of hydrogen-bond acceptors (Lipinski definition) is 20. The second-order valence-electron chi connectivity index (χ2n) is 24.6. The average Bonchev–Trinajstić information content (AvgIpc) is 3.87. The van der Waals surface area contributed by atoms with Gasteiger partial charge < -0.3 is 98.4 Å². The van der Waals surface area contributed by atoms with Gasteiger partial charge in [-0.2, -0.15) is 0 Å². The zero-order chi connectivity index (χ0) is 52.9. The van der Waals surface area contributed by atoms with Crippen LogP contribution in [0, 0.1) is 45.3 Å². The third-order valence-electron chi connectivity index (χ3n) is 19.9. The number of aliphatic hydroxyl groups excluding tert-OH is 10. The van der Waals surface area contributed by atoms with Crippen molar-refractivity contribution in [3.8, 4) is 0 Å². The standard InChI is InChI=1S/C53H86O20/c1-23(2)18-25-19-26(45(64-9)68-25)27-12-16-53(8)29-10-11-33-50(4,5)34(14-15-51(33,6)28(29)13-17-52(27,53)7)70-49-44(43(38(60)32(20-54)69-49)72-47-40(62)37(59)31(56)22-66-47)73-48-41(63)42(35(57)24(3)67-48)71-46-39(61)36(58)30(55)21-65-46/h10,18,24-28,30-49,54-63H,11-17,19-22H2,1-9H3/t24-,25-,26-,27-,28-,30+,31-,32+,33-,34-,35-,36-,37-,38+,39+,40+,41+,42+,43-,44+,45-,46-,47-,48-,49-,51+,52-,53+/m0/s1. The summed E-state index contributed by atoms with van der Waals surface area (Å²) in [6.45, 7) is 16.1. The number of aliphatic hydroxyl groups is 10. The fraction of sp³-hybridized carbons (Fsp3) is 0.925. The van der Waals surface area contributed by atoms with E-state index in [1.807, 2.05) is 0 Å². The van der Waals surface area contributed by atoms with Crippen molar-refractivity contribution in [2.24, 2.45) is 45.3 Å². The van der Waals surface area contributed by atoms with Crippen LogP contribution in [0.25, 0.3) is 0 Å². The Hall–Kier alpha value is -1.32. The molecule has 0 unspecified atom stereocenters. The minimum Gasteiger partial charge on any atom is -0.394 e. The lowest BCUT2D eigenvalue weighted by Gasteiger charge is -2.65. The quantitative estimate of drug-likeness (QED) is 0.122. The van der Waals surface area contributed by atoms with Crippen LogP contribution in [0.1, 0.15) is 107 Å². The van der Waals surface area contributed by atoms with Crippen molar-refractivity contribution in [3.63, 3.8) is 0 Å². The van der Waals surface area contributed by atoms with Crippen LogP contribution in [0.5, 0.6) is 0 Å². The smallest absolute Gasteiger partial charge is 0.187 e. The van der Waals surface area contributed by atoms with E-state index in [-0.39, 0.29) is 34.6 Å². The highest BCUT2D eigenvalue weighted by Crippen LogP contribution is 2.74. The molecule has 3 saturated carbocycles. The first-order valence-corrected chi connectivity index (χ1v) is 26.8. The summed E-state index contributed by atoms with van der Waals surface area (Å²) in [5.41, 5.74) is 2.28. The summed E-state index contributed by atoms with van der Waals surface area (Å²) in [6, 6.07) is 0. The highest BCUT2D eigenvalue weighted by Gasteiger charge is 2.67. The molecule has 0 bridgehead atoms. The maximum absolute atomic E-state index is 11.9. The van der Waals surface area contributed by atoms with Gasteiger partial charge in [0.05, 0.1) is 38.1 Å². The van der Waals surface area contributed by atoms with Gasteiger partial charge in [-0.1, -0.05) is 57.9 Å². The lowest BCUT2D eigenvalue weighted by molar-refractivity contribution is -0.400. The number of hydrogen-bond donors (Lipinski definition) is 10. The first kappa shape index (κ1) is 56.4. The van der Waals surface area contributed by atoms with Crippen molar-refractivity contribution in [3.05, 3.63) is 23.3 Å². The molecule has 4 aliphatic carbocycles. The molecule has 5 heterocycles. The Balaban J connectivity index is 0.984. The molecule has 5 saturated heterocycles. The van der Waals surface area contributed by atoms with Crippen LogP contribution < -0.4 is 0 Å². The topological polar surface area (TPSA) is 295 Å². The van der Waals surface area contributed by atoms with Crippen LogP contribution in [-0.4, -0.2) is 207 Å². The molecule has 0 radical (unpaired) electrons. The Morgan fingerprint density at radius 1 is 0.658 bits per heavy atom. The predicted octanol–water partition coefficient (Wildman–Crippen LogP) is 0.899. The van der Waals surface area contributed by atoms with Crippen molar-refractivity contribution in [2.45, 2.75) is 236 Å². The Morgan fingerprint density at radius 2 is 1.29 bits per heavy atom. The molecule has 8 fully saturated rings. The van der Waals surface area contributed by atoms with Gasteiger partial charge in [0.15, 0.2) is 31.5 Å². The predicted molar refractivity (Wildman–Crippen MR) is 255 cm³/mol. The molecule has 0 aromatic carbocycles. The SMILES string of the molecule is CO[C@H]1O[C@@H](C=C(C)C)C[C@H]1[C@@H]1CC[C@]2(C)C3=CC[C@H]4C(C)(C)[C@@H](O[C@@H]5O[C@H](CO)[C@@H](O)[C@H](O[C@@H]6OC[C@H](O)[C@H](O)[C@H]6O)[C@H]5O[C@@H]5O[C@@H](C)[C@H](O)[C@@H](O[C@@H]6OC[C@@H](O)[C@H](O)[C@H]6O)[C@H]5O)CC[C@]4(C)[C@H]3CC[C@@]12C. The molecule has 9 aliphatic rings. The minimum atomic E-state index is -1.84. The monoisotopic (exact) mass is 1040 g/mol. The lowest BCUT2D eigenvalue weighted by atomic mass is 9.41. The van der Waals surface area contributed by atoms with Crippen molar-refractivity contribution >= 4 is 0 Å². The normalized spacial score (nSPS) is 54.0. The van der Waals surface area contributed by atoms with Crippen molar-refractivity contribution < 1.29 is 98.4 Å². The van der Waals surface area contributed by atoms with Gasteiger partial charge in [0.25, 0.3) is 0 Å². The molecular weight excluding hydrogens is 957 g/mol. The zero-order valence-corrected chi connectivity index (χ0v) is 43.9. The summed E-state index contributed by atoms with van der Waals surface area (Å²) in [6.07, 6.45) is -16.6. The van der Waals surface area contributed by atoms with Crippen molar-refractivity contribution in [1.29, 1.82) is 0 Å². The van der Waals surface area contributed by atoms with Gasteiger partial charge in [-0.25, -0.2) is 0 Å². The first-order chi connectivity index (χ1) is 34.4. The Morgan fingerprint density at radius 3 is 1.90 bits per heavy atom. The lowest BCUT2D eigenvalue weighted by Crippen LogP contribution is -2.67. The Labute approximate surface area is 428 Å². The van der Waals surface area contributed by atoms with E-state index in [0.717, 1.165) is 44.9 Å². The van der Waals surface area contributed by atoms with Crippen LogP contribution in [0.4, 0.5) is 0 Å². The maximum Gasteiger partial charge on any atom is 0.187 e. The molecule has 0 amide bonds. The van der Waals surface area contributed by atoms with E-state index in [9.17, 15) is 51.1 Å². The molecular formula is C53H86O20. The van der Waals surface area contributed by atoms with Gasteiger partial charge in [0.1, 0.15) is 79.4 Å². The summed E-state index contributed by atoms with van der Waals surface area (Å²) >= 11 is 0. The van der Waals surface area contributed by atoms with Crippen LogP contribution >= 0.6 is 0 Å². The van der Waals surface area contributed by atoms with Crippen LogP contribution in [0.15, 0.2) is 23.3 Å².